The largest absolute Gasteiger partial charge is 0.463 e. The Morgan fingerprint density at radius 1 is 1.24 bits per heavy atom. The van der Waals surface area contributed by atoms with Crippen molar-refractivity contribution >= 4 is 32.5 Å². The quantitative estimate of drug-likeness (QED) is 0.606. The molecule has 7 nitrogen and oxygen atoms in total. The van der Waals surface area contributed by atoms with Gasteiger partial charge in [-0.3, -0.25) is 0 Å². The highest BCUT2D eigenvalue weighted by atomic mass is 32.2. The van der Waals surface area contributed by atoms with Crippen LogP contribution in [0.2, 0.25) is 0 Å². The number of carbonyl (C=O) groups is 1. The first-order chi connectivity index (χ1) is 13.8. The zero-order chi connectivity index (χ0) is 20.8. The van der Waals surface area contributed by atoms with E-state index in [1.54, 1.807) is 0 Å². The lowest BCUT2D eigenvalue weighted by molar-refractivity contribution is 0.0559. The highest BCUT2D eigenvalue weighted by Crippen LogP contribution is 2.33. The van der Waals surface area contributed by atoms with Crippen molar-refractivity contribution in [3.8, 4) is 0 Å². The van der Waals surface area contributed by atoms with Crippen LogP contribution in [0.3, 0.4) is 0 Å². The van der Waals surface area contributed by atoms with E-state index in [1.807, 2.05) is 13.1 Å². The molecule has 0 radical (unpaired) electrons. The van der Waals surface area contributed by atoms with Crippen molar-refractivity contribution in [1.82, 2.24) is 8.87 Å². The minimum Gasteiger partial charge on any atom is -0.463 e. The Morgan fingerprint density at radius 2 is 2.03 bits per heavy atom. The number of likely N-dealkylation sites (N-methyl/N-ethyl adjacent to an activating group) is 1. The standard InChI is InChI=1S/C20H19FN2O5S/c1-22-9-7-13(8-10-22)16-12-23(17-4-3-14(21)11-15(16)17)29(25,26)19-6-5-18(28-19)20(24)27-2/h3-7,11-12H,8-10H2,1-2H3. The molecule has 29 heavy (non-hydrogen) atoms. The van der Waals surface area contributed by atoms with E-state index in [4.69, 9.17) is 4.42 Å². The summed E-state index contributed by atoms with van der Waals surface area (Å²) in [6.07, 6.45) is 4.22. The molecule has 2 aromatic heterocycles. The summed E-state index contributed by atoms with van der Waals surface area (Å²) in [6.45, 7) is 1.55. The number of hydrogen-bond donors (Lipinski definition) is 0. The molecule has 1 aliphatic heterocycles. The predicted molar refractivity (Wildman–Crippen MR) is 105 cm³/mol. The number of benzene rings is 1. The first-order valence-corrected chi connectivity index (χ1v) is 10.4. The van der Waals surface area contributed by atoms with Crippen LogP contribution >= 0.6 is 0 Å². The molecule has 3 aromatic rings. The zero-order valence-corrected chi connectivity index (χ0v) is 16.7. The van der Waals surface area contributed by atoms with Gasteiger partial charge in [0.1, 0.15) is 5.82 Å². The molecular weight excluding hydrogens is 399 g/mol. The average molecular weight is 418 g/mol. The van der Waals surface area contributed by atoms with Gasteiger partial charge in [0.15, 0.2) is 0 Å². The van der Waals surface area contributed by atoms with Gasteiger partial charge in [0, 0.05) is 30.2 Å². The summed E-state index contributed by atoms with van der Waals surface area (Å²) >= 11 is 0. The molecule has 152 valence electrons. The average Bonchev–Trinajstić information content (AvgIpc) is 3.34. The molecule has 0 fully saturated rings. The minimum atomic E-state index is -4.15. The van der Waals surface area contributed by atoms with Crippen LogP contribution in [-0.4, -0.2) is 50.5 Å². The first kappa shape index (κ1) is 19.4. The van der Waals surface area contributed by atoms with E-state index in [9.17, 15) is 17.6 Å². The molecular formula is C20H19FN2O5S. The van der Waals surface area contributed by atoms with Crippen molar-refractivity contribution in [1.29, 1.82) is 0 Å². The minimum absolute atomic E-state index is 0.216. The second-order valence-electron chi connectivity index (χ2n) is 6.86. The monoisotopic (exact) mass is 418 g/mol. The molecule has 1 aliphatic rings. The Morgan fingerprint density at radius 3 is 2.72 bits per heavy atom. The molecule has 9 heteroatoms. The summed E-state index contributed by atoms with van der Waals surface area (Å²) in [6, 6.07) is 6.41. The molecule has 1 aromatic carbocycles. The Hall–Kier alpha value is -2.91. The van der Waals surface area contributed by atoms with Crippen LogP contribution in [0.4, 0.5) is 4.39 Å². The number of nitrogens with zero attached hydrogens (tertiary/aromatic N) is 2. The number of fused-ring (bicyclic) bond motifs is 1. The normalized spacial score (nSPS) is 15.5. The maximum absolute atomic E-state index is 13.9. The van der Waals surface area contributed by atoms with Crippen LogP contribution in [0, 0.1) is 5.82 Å². The lowest BCUT2D eigenvalue weighted by atomic mass is 9.99. The van der Waals surface area contributed by atoms with Gasteiger partial charge in [-0.15, -0.1) is 0 Å². The highest BCUT2D eigenvalue weighted by molar-refractivity contribution is 7.90. The molecule has 0 unspecified atom stereocenters. The summed E-state index contributed by atoms with van der Waals surface area (Å²) < 4.78 is 51.2. The molecule has 4 rings (SSSR count). The number of carbonyl (C=O) groups excluding carboxylic acids is 1. The number of ether oxygens (including phenoxy) is 1. The summed E-state index contributed by atoms with van der Waals surface area (Å²) in [4.78, 5) is 13.7. The predicted octanol–water partition coefficient (Wildman–Crippen LogP) is 3.12. The number of rotatable bonds is 4. The van der Waals surface area contributed by atoms with Crippen LogP contribution in [0.5, 0.6) is 0 Å². The van der Waals surface area contributed by atoms with Crippen molar-refractivity contribution in [2.75, 3.05) is 27.2 Å². The lowest BCUT2D eigenvalue weighted by Gasteiger charge is -2.21. The van der Waals surface area contributed by atoms with Crippen LogP contribution in [0.15, 0.2) is 52.1 Å². The van der Waals surface area contributed by atoms with E-state index in [-0.39, 0.29) is 5.76 Å². The van der Waals surface area contributed by atoms with Gasteiger partial charge in [-0.1, -0.05) is 6.08 Å². The fourth-order valence-electron chi connectivity index (χ4n) is 3.41. The van der Waals surface area contributed by atoms with Gasteiger partial charge in [0.2, 0.25) is 10.9 Å². The lowest BCUT2D eigenvalue weighted by Crippen LogP contribution is -2.23. The number of methoxy groups -OCH3 is 1. The molecule has 0 spiro atoms. The van der Waals surface area contributed by atoms with Crippen molar-refractivity contribution in [2.24, 2.45) is 0 Å². The summed E-state index contributed by atoms with van der Waals surface area (Å²) in [5.41, 5.74) is 1.95. The fraction of sp³-hybridized carbons (Fsp3) is 0.250. The summed E-state index contributed by atoms with van der Waals surface area (Å²) in [5, 5.41) is 0.104. The number of esters is 1. The third kappa shape index (κ3) is 3.36. The first-order valence-electron chi connectivity index (χ1n) is 8.93. The molecule has 0 saturated carbocycles. The Kier molecular flexibility index (Phi) is 4.79. The van der Waals surface area contributed by atoms with Crippen molar-refractivity contribution in [3.05, 3.63) is 59.7 Å². The van der Waals surface area contributed by atoms with Gasteiger partial charge in [0.05, 0.1) is 12.6 Å². The van der Waals surface area contributed by atoms with Crippen molar-refractivity contribution < 1.29 is 26.8 Å². The fourth-order valence-corrected chi connectivity index (χ4v) is 4.70. The van der Waals surface area contributed by atoms with E-state index in [0.717, 1.165) is 29.1 Å². The summed E-state index contributed by atoms with van der Waals surface area (Å²) in [5.74, 6) is -1.44. The second-order valence-corrected chi connectivity index (χ2v) is 8.60. The summed E-state index contributed by atoms with van der Waals surface area (Å²) in [7, 11) is -0.974. The van der Waals surface area contributed by atoms with Gasteiger partial charge in [-0.05, 0) is 49.4 Å². The molecule has 0 saturated heterocycles. The Bertz CT molecular complexity index is 1240. The maximum atomic E-state index is 13.9. The van der Waals surface area contributed by atoms with E-state index in [0.29, 0.717) is 16.5 Å². The van der Waals surface area contributed by atoms with Crippen molar-refractivity contribution in [2.45, 2.75) is 11.5 Å². The van der Waals surface area contributed by atoms with Gasteiger partial charge < -0.3 is 14.1 Å². The third-order valence-corrected chi connectivity index (χ3v) is 6.52. The third-order valence-electron chi connectivity index (χ3n) is 4.97. The van der Waals surface area contributed by atoms with Crippen LogP contribution in [0.25, 0.3) is 16.5 Å². The Balaban J connectivity index is 1.88. The van der Waals surface area contributed by atoms with Crippen LogP contribution < -0.4 is 0 Å². The zero-order valence-electron chi connectivity index (χ0n) is 15.9. The molecule has 3 heterocycles. The molecule has 0 amide bonds. The second kappa shape index (κ2) is 7.16. The van der Waals surface area contributed by atoms with Gasteiger partial charge >= 0.3 is 16.0 Å². The van der Waals surface area contributed by atoms with E-state index >= 15 is 0 Å². The number of halogens is 1. The topological polar surface area (TPSA) is 81.8 Å². The molecule has 0 aliphatic carbocycles. The number of aromatic nitrogens is 1. The van der Waals surface area contributed by atoms with E-state index in [1.165, 1.54) is 43.6 Å². The SMILES string of the molecule is COC(=O)c1ccc(S(=O)(=O)n2cc(C3=CCN(C)CC3)c3cc(F)ccc32)o1. The van der Waals surface area contributed by atoms with Crippen molar-refractivity contribution in [3.63, 3.8) is 0 Å². The number of furan rings is 1. The van der Waals surface area contributed by atoms with Gasteiger partial charge in [0.25, 0.3) is 0 Å². The highest BCUT2D eigenvalue weighted by Gasteiger charge is 2.27. The van der Waals surface area contributed by atoms with Gasteiger partial charge in [-0.25, -0.2) is 13.2 Å². The van der Waals surface area contributed by atoms with Gasteiger partial charge in [-0.2, -0.15) is 8.42 Å². The van der Waals surface area contributed by atoms with Crippen LogP contribution in [0.1, 0.15) is 22.5 Å². The maximum Gasteiger partial charge on any atom is 0.374 e. The molecule has 0 N–H and O–H groups in total. The molecule has 0 bridgehead atoms. The van der Waals surface area contributed by atoms with E-state index in [2.05, 4.69) is 9.64 Å². The van der Waals surface area contributed by atoms with E-state index < -0.39 is 26.9 Å². The molecule has 0 atom stereocenters. The number of hydrogen-bond acceptors (Lipinski definition) is 6. The smallest absolute Gasteiger partial charge is 0.374 e. The Labute approximate surface area is 167 Å². The van der Waals surface area contributed by atoms with Crippen LogP contribution in [-0.2, 0) is 14.8 Å².